The zero-order chi connectivity index (χ0) is 39.0. The molecule has 1 heterocycles. The van der Waals surface area contributed by atoms with Crippen molar-refractivity contribution in [3.8, 4) is 5.75 Å². The number of benzene rings is 2. The molecule has 0 bridgehead atoms. The number of hydrogen-bond donors (Lipinski definition) is 3. The third-order valence-electron chi connectivity index (χ3n) is 9.57. The van der Waals surface area contributed by atoms with Crippen molar-refractivity contribution in [2.24, 2.45) is 5.41 Å². The molecule has 2 aromatic carbocycles. The smallest absolute Gasteiger partial charge is 0.298 e. The zero-order valence-electron chi connectivity index (χ0n) is 33.3. The lowest BCUT2D eigenvalue weighted by Crippen LogP contribution is -2.60. The summed E-state index contributed by atoms with van der Waals surface area (Å²) in [4.78, 5) is 53.4. The molecule has 2 aromatic rings. The van der Waals surface area contributed by atoms with Gasteiger partial charge in [0.15, 0.2) is 24.5 Å². The number of nitrogens with one attached hydrogen (secondary N) is 3. The number of ketones is 1. The Balaban J connectivity index is 1.52. The number of nitrogens with zero attached hydrogens (tertiary/aromatic N) is 2. The zero-order valence-corrected chi connectivity index (χ0v) is 34.1. The van der Waals surface area contributed by atoms with E-state index in [1.807, 2.05) is 25.1 Å². The van der Waals surface area contributed by atoms with Gasteiger partial charge in [0.2, 0.25) is 0 Å². The van der Waals surface area contributed by atoms with Crippen LogP contribution in [0, 0.1) is 5.41 Å². The molecule has 3 amide bonds. The van der Waals surface area contributed by atoms with Crippen LogP contribution in [0.1, 0.15) is 130 Å². The summed E-state index contributed by atoms with van der Waals surface area (Å²) in [6, 6.07) is 11.2. The van der Waals surface area contributed by atoms with E-state index in [0.717, 1.165) is 17.9 Å². The summed E-state index contributed by atoms with van der Waals surface area (Å²) < 4.78 is 6.25. The van der Waals surface area contributed by atoms with E-state index in [2.05, 4.69) is 29.2 Å². The van der Waals surface area contributed by atoms with Crippen LogP contribution < -0.4 is 20.9 Å². The van der Waals surface area contributed by atoms with E-state index in [0.29, 0.717) is 17.9 Å². The Morgan fingerprint density at radius 3 is 2.00 bits per heavy atom. The number of ether oxygens (including phenoxy) is 1. The largest absolute Gasteiger partial charge is 0.481 e. The maximum Gasteiger partial charge on any atom is 0.298 e. The number of amides is 3. The molecule has 11 heteroatoms. The maximum atomic E-state index is 13.7. The Morgan fingerprint density at radius 2 is 1.45 bits per heavy atom. The van der Waals surface area contributed by atoms with Gasteiger partial charge in [-0.05, 0) is 55.2 Å². The number of likely N-dealkylation sites (N-methyl/N-ethyl adjacent to an activating group) is 1. The van der Waals surface area contributed by atoms with E-state index >= 15 is 0 Å². The molecule has 1 saturated heterocycles. The molecule has 0 aliphatic carbocycles. The quantitative estimate of drug-likeness (QED) is 0.0593. The summed E-state index contributed by atoms with van der Waals surface area (Å²) in [6.07, 6.45) is 17.9. The highest BCUT2D eigenvalue weighted by Gasteiger charge is 2.48. The van der Waals surface area contributed by atoms with Gasteiger partial charge in [-0.3, -0.25) is 19.2 Å². The average molecular weight is 755 g/mol. The van der Waals surface area contributed by atoms with Crippen molar-refractivity contribution < 1.29 is 28.5 Å². The highest BCUT2D eigenvalue weighted by Crippen LogP contribution is 2.29. The molecule has 2 unspecified atom stereocenters. The van der Waals surface area contributed by atoms with E-state index in [9.17, 15) is 19.2 Å². The lowest BCUT2D eigenvalue weighted by molar-refractivity contribution is -0.928. The average Bonchev–Trinajstić information content (AvgIpc) is 3.37. The molecule has 1 aliphatic heterocycles. The van der Waals surface area contributed by atoms with Crippen molar-refractivity contribution in [1.82, 2.24) is 10.5 Å². The van der Waals surface area contributed by atoms with Crippen molar-refractivity contribution in [2.45, 2.75) is 143 Å². The standard InChI is InChI=1S/C42H64ClN5O5/c1-8-10-11-12-13-14-15-16-17-18-19-20-21-23-31-24-22-25-33(28-31)53-36(9-2)40(51)44-32-26-27-34(43)35(29-32)45-41(52)38(39(50)42(3,4)5)47-37(49)30-48(6,7)46-47/h22,24-29,36,38,46H,8-21,23,30H2,1-7H3,(H-,44,45,51,52)/p+1. The van der Waals surface area contributed by atoms with Gasteiger partial charge >= 0.3 is 0 Å². The van der Waals surface area contributed by atoms with Crippen LogP contribution in [0.3, 0.4) is 0 Å². The van der Waals surface area contributed by atoms with Gasteiger partial charge in [-0.25, -0.2) is 9.60 Å². The Kier molecular flexibility index (Phi) is 17.8. The molecule has 0 aromatic heterocycles. The van der Waals surface area contributed by atoms with Crippen molar-refractivity contribution in [3.63, 3.8) is 0 Å². The summed E-state index contributed by atoms with van der Waals surface area (Å²) in [6.45, 7) is 9.32. The lowest BCUT2D eigenvalue weighted by atomic mass is 9.85. The Labute approximate surface area is 323 Å². The number of hydrogen-bond acceptors (Lipinski definition) is 6. The first-order chi connectivity index (χ1) is 25.1. The first-order valence-corrected chi connectivity index (χ1v) is 20.2. The van der Waals surface area contributed by atoms with Crippen molar-refractivity contribution in [1.29, 1.82) is 0 Å². The third-order valence-corrected chi connectivity index (χ3v) is 9.90. The van der Waals surface area contributed by atoms with Crippen LogP contribution in [0.25, 0.3) is 0 Å². The summed E-state index contributed by atoms with van der Waals surface area (Å²) in [7, 11) is 3.53. The number of unbranched alkanes of at least 4 members (excludes halogenated alkanes) is 12. The topological polar surface area (TPSA) is 117 Å². The first kappa shape index (κ1) is 43.9. The molecule has 0 radical (unpaired) electrons. The molecule has 0 saturated carbocycles. The number of Topliss-reactive ketones (excluding diaryl/α,β-unsaturated/α-hetero) is 1. The number of quaternary nitrogens is 1. The Morgan fingerprint density at radius 1 is 0.849 bits per heavy atom. The monoisotopic (exact) mass is 754 g/mol. The molecule has 2 atom stereocenters. The highest BCUT2D eigenvalue weighted by atomic mass is 35.5. The number of carbonyl (C=O) groups is 4. The van der Waals surface area contributed by atoms with Gasteiger partial charge in [-0.15, -0.1) is 0 Å². The van der Waals surface area contributed by atoms with Gasteiger partial charge in [-0.1, -0.05) is 141 Å². The molecular weight excluding hydrogens is 690 g/mol. The van der Waals surface area contributed by atoms with Crippen LogP contribution in [0.5, 0.6) is 5.75 Å². The molecule has 3 rings (SSSR count). The van der Waals surface area contributed by atoms with Gasteiger partial charge in [0.1, 0.15) is 5.75 Å². The predicted octanol–water partition coefficient (Wildman–Crippen LogP) is 9.03. The summed E-state index contributed by atoms with van der Waals surface area (Å²) in [5, 5.41) is 6.90. The van der Waals surface area contributed by atoms with Crippen LogP contribution in [-0.4, -0.2) is 65.9 Å². The lowest BCUT2D eigenvalue weighted by Gasteiger charge is -2.31. The van der Waals surface area contributed by atoms with Crippen molar-refractivity contribution >= 4 is 46.5 Å². The summed E-state index contributed by atoms with van der Waals surface area (Å²) in [5.74, 6) is -1.23. The van der Waals surface area contributed by atoms with Crippen LogP contribution >= 0.6 is 11.6 Å². The van der Waals surface area contributed by atoms with Gasteiger partial charge in [-0.2, -0.15) is 0 Å². The minimum atomic E-state index is -1.44. The van der Waals surface area contributed by atoms with Gasteiger partial charge in [0, 0.05) is 11.1 Å². The van der Waals surface area contributed by atoms with Gasteiger partial charge < -0.3 is 15.4 Å². The second-order valence-electron chi connectivity index (χ2n) is 16.1. The number of halogens is 1. The minimum absolute atomic E-state index is 0.0773. The normalized spacial score (nSPS) is 15.2. The van der Waals surface area contributed by atoms with Crippen LogP contribution in [0.15, 0.2) is 42.5 Å². The molecule has 0 spiro atoms. The van der Waals surface area contributed by atoms with Crippen LogP contribution in [0.4, 0.5) is 11.4 Å². The second-order valence-corrected chi connectivity index (χ2v) is 16.5. The highest BCUT2D eigenvalue weighted by molar-refractivity contribution is 6.34. The molecular formula is C42H65ClN5O5+. The maximum absolute atomic E-state index is 13.7. The number of aryl methyl sites for hydroxylation is 1. The van der Waals surface area contributed by atoms with E-state index in [4.69, 9.17) is 16.3 Å². The number of hydrazine groups is 1. The molecule has 10 nitrogen and oxygen atoms in total. The van der Waals surface area contributed by atoms with Crippen molar-refractivity contribution in [3.05, 3.63) is 53.1 Å². The molecule has 3 N–H and O–H groups in total. The third kappa shape index (κ3) is 14.7. The van der Waals surface area contributed by atoms with E-state index < -0.39 is 29.3 Å². The Bertz CT molecular complexity index is 1510. The minimum Gasteiger partial charge on any atom is -0.481 e. The van der Waals surface area contributed by atoms with E-state index in [1.165, 1.54) is 88.7 Å². The summed E-state index contributed by atoms with van der Waals surface area (Å²) >= 11 is 6.46. The number of anilines is 2. The van der Waals surface area contributed by atoms with Gasteiger partial charge in [0.05, 0.1) is 24.8 Å². The van der Waals surface area contributed by atoms with Gasteiger partial charge in [0.25, 0.3) is 17.7 Å². The number of rotatable bonds is 23. The molecule has 53 heavy (non-hydrogen) atoms. The van der Waals surface area contributed by atoms with E-state index in [-0.39, 0.29) is 33.7 Å². The summed E-state index contributed by atoms with van der Waals surface area (Å²) in [5.41, 5.74) is 3.82. The Hall–Kier alpha value is -3.47. The second kappa shape index (κ2) is 21.4. The fourth-order valence-electron chi connectivity index (χ4n) is 6.49. The fourth-order valence-corrected chi connectivity index (χ4v) is 6.66. The first-order valence-electron chi connectivity index (χ1n) is 19.8. The van der Waals surface area contributed by atoms with Crippen LogP contribution in [-0.2, 0) is 25.6 Å². The molecule has 1 fully saturated rings. The van der Waals surface area contributed by atoms with Crippen molar-refractivity contribution in [2.75, 3.05) is 31.3 Å². The van der Waals surface area contributed by atoms with Crippen LogP contribution in [0.2, 0.25) is 5.02 Å². The molecule has 1 aliphatic rings. The molecule has 294 valence electrons. The number of carbonyl (C=O) groups excluding carboxylic acids is 4. The SMILES string of the molecule is CCCCCCCCCCCCCCCc1cccc(OC(CC)C(=O)Nc2ccc(Cl)c(NC(=O)C(C(=O)C(C)(C)C)N3N[N+](C)(C)CC3=O)c2)c1. The van der Waals surface area contributed by atoms with E-state index in [1.54, 1.807) is 47.0 Å². The fraction of sp³-hybridized carbons (Fsp3) is 0.619. The predicted molar refractivity (Wildman–Crippen MR) is 214 cm³/mol.